The lowest BCUT2D eigenvalue weighted by molar-refractivity contribution is 0.602. The minimum atomic E-state index is -2.88. The Morgan fingerprint density at radius 1 is 1.26 bits per heavy atom. The Morgan fingerprint density at radius 3 is 2.74 bits per heavy atom. The van der Waals surface area contributed by atoms with Crippen molar-refractivity contribution in [3.63, 3.8) is 0 Å². The SMILES string of the molecule is O=S1(=O)CCC(Nc2nccn2-c2ccccc2)C1. The minimum absolute atomic E-state index is 0.0464. The van der Waals surface area contributed by atoms with E-state index < -0.39 is 9.84 Å². The molecule has 100 valence electrons. The zero-order valence-electron chi connectivity index (χ0n) is 10.4. The van der Waals surface area contributed by atoms with Crippen molar-refractivity contribution in [3.05, 3.63) is 42.7 Å². The molecule has 3 rings (SSSR count). The molecule has 6 heteroatoms. The first-order valence-electron chi connectivity index (χ1n) is 6.20. The molecular weight excluding hydrogens is 262 g/mol. The Morgan fingerprint density at radius 2 is 2.05 bits per heavy atom. The van der Waals surface area contributed by atoms with Crippen LogP contribution in [0.2, 0.25) is 0 Å². The molecule has 1 unspecified atom stereocenters. The largest absolute Gasteiger partial charge is 0.352 e. The number of rotatable bonds is 3. The van der Waals surface area contributed by atoms with Crippen LogP contribution in [0.15, 0.2) is 42.7 Å². The highest BCUT2D eigenvalue weighted by molar-refractivity contribution is 7.91. The van der Waals surface area contributed by atoms with Crippen LogP contribution >= 0.6 is 0 Å². The van der Waals surface area contributed by atoms with Crippen molar-refractivity contribution >= 4 is 15.8 Å². The summed E-state index contributed by atoms with van der Waals surface area (Å²) >= 11 is 0. The number of benzene rings is 1. The highest BCUT2D eigenvalue weighted by atomic mass is 32.2. The van der Waals surface area contributed by atoms with E-state index in [2.05, 4.69) is 10.3 Å². The van der Waals surface area contributed by atoms with Gasteiger partial charge in [0, 0.05) is 24.1 Å². The van der Waals surface area contributed by atoms with Gasteiger partial charge < -0.3 is 5.32 Å². The van der Waals surface area contributed by atoms with Gasteiger partial charge in [0.05, 0.1) is 11.5 Å². The highest BCUT2D eigenvalue weighted by Gasteiger charge is 2.28. The molecule has 19 heavy (non-hydrogen) atoms. The zero-order valence-corrected chi connectivity index (χ0v) is 11.2. The summed E-state index contributed by atoms with van der Waals surface area (Å²) in [6.07, 6.45) is 4.21. The van der Waals surface area contributed by atoms with Crippen LogP contribution in [0, 0.1) is 0 Å². The molecule has 0 radical (unpaired) electrons. The molecule has 0 spiro atoms. The van der Waals surface area contributed by atoms with Crippen molar-refractivity contribution in [2.75, 3.05) is 16.8 Å². The van der Waals surface area contributed by atoms with Crippen molar-refractivity contribution in [3.8, 4) is 5.69 Å². The predicted molar refractivity (Wildman–Crippen MR) is 74.2 cm³/mol. The molecule has 1 N–H and O–H groups in total. The van der Waals surface area contributed by atoms with Crippen molar-refractivity contribution in [2.45, 2.75) is 12.5 Å². The molecule has 5 nitrogen and oxygen atoms in total. The molecule has 0 amide bonds. The molecule has 1 aliphatic heterocycles. The third-order valence-electron chi connectivity index (χ3n) is 3.24. The summed E-state index contributed by atoms with van der Waals surface area (Å²) in [4.78, 5) is 4.26. The summed E-state index contributed by atoms with van der Waals surface area (Å²) in [5.41, 5.74) is 1.00. The summed E-state index contributed by atoms with van der Waals surface area (Å²) in [6, 6.07) is 9.79. The van der Waals surface area contributed by atoms with E-state index in [0.717, 1.165) is 5.69 Å². The monoisotopic (exact) mass is 277 g/mol. The molecule has 1 fully saturated rings. The fraction of sp³-hybridized carbons (Fsp3) is 0.308. The average molecular weight is 277 g/mol. The maximum absolute atomic E-state index is 11.5. The number of imidazole rings is 1. The first kappa shape index (κ1) is 12.2. The molecule has 1 aromatic heterocycles. The fourth-order valence-corrected chi connectivity index (χ4v) is 3.97. The van der Waals surface area contributed by atoms with Gasteiger partial charge in [0.2, 0.25) is 5.95 Å². The molecule has 0 bridgehead atoms. The topological polar surface area (TPSA) is 64.0 Å². The van der Waals surface area contributed by atoms with Gasteiger partial charge in [-0.05, 0) is 18.6 Å². The molecule has 1 aromatic carbocycles. The van der Waals surface area contributed by atoms with Gasteiger partial charge in [-0.15, -0.1) is 0 Å². The van der Waals surface area contributed by atoms with E-state index in [4.69, 9.17) is 0 Å². The molecule has 1 aliphatic rings. The summed E-state index contributed by atoms with van der Waals surface area (Å²) in [5.74, 6) is 1.14. The number of hydrogen-bond donors (Lipinski definition) is 1. The van der Waals surface area contributed by atoms with E-state index in [-0.39, 0.29) is 17.5 Å². The van der Waals surface area contributed by atoms with Crippen LogP contribution in [0.25, 0.3) is 5.69 Å². The van der Waals surface area contributed by atoms with E-state index in [1.54, 1.807) is 6.20 Å². The second kappa shape index (κ2) is 4.70. The lowest BCUT2D eigenvalue weighted by Gasteiger charge is -2.13. The molecule has 0 aliphatic carbocycles. The second-order valence-corrected chi connectivity index (χ2v) is 6.93. The van der Waals surface area contributed by atoms with Crippen LogP contribution in [0.1, 0.15) is 6.42 Å². The van der Waals surface area contributed by atoms with Gasteiger partial charge in [-0.2, -0.15) is 0 Å². The van der Waals surface area contributed by atoms with E-state index >= 15 is 0 Å². The van der Waals surface area contributed by atoms with E-state index in [9.17, 15) is 8.42 Å². The second-order valence-electron chi connectivity index (χ2n) is 4.70. The van der Waals surface area contributed by atoms with Crippen LogP contribution in [-0.4, -0.2) is 35.5 Å². The summed E-state index contributed by atoms with van der Waals surface area (Å²) < 4.78 is 24.8. The minimum Gasteiger partial charge on any atom is -0.352 e. The van der Waals surface area contributed by atoms with Gasteiger partial charge in [0.25, 0.3) is 0 Å². The smallest absolute Gasteiger partial charge is 0.207 e. The van der Waals surface area contributed by atoms with Crippen LogP contribution in [0.5, 0.6) is 0 Å². The Labute approximate surface area is 112 Å². The Balaban J connectivity index is 1.82. The maximum Gasteiger partial charge on any atom is 0.207 e. The summed E-state index contributed by atoms with van der Waals surface area (Å²) in [6.45, 7) is 0. The molecule has 0 saturated carbocycles. The van der Waals surface area contributed by atoms with Crippen molar-refractivity contribution in [1.82, 2.24) is 9.55 Å². The van der Waals surface area contributed by atoms with E-state index in [1.807, 2.05) is 41.1 Å². The fourth-order valence-electron chi connectivity index (χ4n) is 2.30. The molecule has 2 heterocycles. The molecule has 2 aromatic rings. The Bertz CT molecular complexity index is 664. The van der Waals surface area contributed by atoms with Gasteiger partial charge in [0.1, 0.15) is 0 Å². The number of anilines is 1. The number of hydrogen-bond acceptors (Lipinski definition) is 4. The standard InChI is InChI=1S/C13H15N3O2S/c17-19(18)9-6-11(10-19)15-13-14-7-8-16(13)12-4-2-1-3-5-12/h1-5,7-8,11H,6,9-10H2,(H,14,15). The van der Waals surface area contributed by atoms with Gasteiger partial charge in [-0.1, -0.05) is 18.2 Å². The lowest BCUT2D eigenvalue weighted by Crippen LogP contribution is -2.22. The number of nitrogens with zero attached hydrogens (tertiary/aromatic N) is 2. The first-order chi connectivity index (χ1) is 9.14. The number of para-hydroxylation sites is 1. The highest BCUT2D eigenvalue weighted by Crippen LogP contribution is 2.19. The summed E-state index contributed by atoms with van der Waals surface area (Å²) in [7, 11) is -2.88. The van der Waals surface area contributed by atoms with Crippen LogP contribution in [0.3, 0.4) is 0 Å². The third kappa shape index (κ3) is 2.63. The van der Waals surface area contributed by atoms with Gasteiger partial charge in [-0.3, -0.25) is 4.57 Å². The molecular formula is C13H15N3O2S. The lowest BCUT2D eigenvalue weighted by atomic mass is 10.3. The van der Waals surface area contributed by atoms with Crippen molar-refractivity contribution < 1.29 is 8.42 Å². The quantitative estimate of drug-likeness (QED) is 0.923. The number of aromatic nitrogens is 2. The third-order valence-corrected chi connectivity index (χ3v) is 5.01. The van der Waals surface area contributed by atoms with Crippen molar-refractivity contribution in [1.29, 1.82) is 0 Å². The van der Waals surface area contributed by atoms with Gasteiger partial charge >= 0.3 is 0 Å². The van der Waals surface area contributed by atoms with Crippen LogP contribution < -0.4 is 5.32 Å². The average Bonchev–Trinajstić information content (AvgIpc) is 2.98. The normalized spacial score (nSPS) is 21.4. The van der Waals surface area contributed by atoms with Crippen LogP contribution in [0.4, 0.5) is 5.95 Å². The Kier molecular flexibility index (Phi) is 3.02. The van der Waals surface area contributed by atoms with E-state index in [1.165, 1.54) is 0 Å². The van der Waals surface area contributed by atoms with Crippen molar-refractivity contribution in [2.24, 2.45) is 0 Å². The molecule has 1 atom stereocenters. The predicted octanol–water partition coefficient (Wildman–Crippen LogP) is 1.47. The Hall–Kier alpha value is -1.82. The maximum atomic E-state index is 11.5. The number of sulfone groups is 1. The van der Waals surface area contributed by atoms with Gasteiger partial charge in [0.15, 0.2) is 9.84 Å². The van der Waals surface area contributed by atoms with E-state index in [0.29, 0.717) is 12.4 Å². The number of nitrogens with one attached hydrogen (secondary N) is 1. The summed E-state index contributed by atoms with van der Waals surface area (Å²) in [5, 5.41) is 3.22. The zero-order chi connectivity index (χ0) is 13.3. The first-order valence-corrected chi connectivity index (χ1v) is 8.02. The van der Waals surface area contributed by atoms with Gasteiger partial charge in [-0.25, -0.2) is 13.4 Å². The van der Waals surface area contributed by atoms with Crippen LogP contribution in [-0.2, 0) is 9.84 Å². The molecule has 1 saturated heterocycles.